The fraction of sp³-hybridized carbons (Fsp3) is 0.231. The zero-order valence-electron chi connectivity index (χ0n) is 9.39. The van der Waals surface area contributed by atoms with Crippen molar-refractivity contribution in [2.24, 2.45) is 0 Å². The largest absolute Gasteiger partial charge is 0.495 e. The van der Waals surface area contributed by atoms with E-state index in [0.29, 0.717) is 11.4 Å². The van der Waals surface area contributed by atoms with Crippen LogP contribution in [0.25, 0.3) is 0 Å². The third-order valence-electron chi connectivity index (χ3n) is 2.52. The molecule has 1 N–H and O–H groups in total. The Kier molecular flexibility index (Phi) is 4.05. The molecule has 2 rings (SSSR count). The quantitative estimate of drug-likeness (QED) is 0.916. The van der Waals surface area contributed by atoms with E-state index in [0.717, 1.165) is 16.2 Å². The van der Waals surface area contributed by atoms with Crippen LogP contribution in [0.2, 0.25) is 5.02 Å². The van der Waals surface area contributed by atoms with Crippen LogP contribution in [0.1, 0.15) is 16.5 Å². The number of ether oxygens (including phenoxy) is 1. The van der Waals surface area contributed by atoms with E-state index in [-0.39, 0.29) is 0 Å². The molecule has 1 aromatic heterocycles. The van der Waals surface area contributed by atoms with E-state index in [1.807, 2.05) is 35.7 Å². The molecule has 2 aromatic rings. The number of aliphatic hydroxyl groups excluding tert-OH is 1. The van der Waals surface area contributed by atoms with Crippen LogP contribution in [0.3, 0.4) is 0 Å². The average Bonchev–Trinajstić information content (AvgIpc) is 2.80. The Hall–Kier alpha value is -1.03. The number of halogens is 1. The Morgan fingerprint density at radius 1 is 1.29 bits per heavy atom. The third kappa shape index (κ3) is 3.00. The van der Waals surface area contributed by atoms with Crippen LogP contribution in [-0.2, 0) is 6.42 Å². The normalized spacial score (nSPS) is 12.4. The van der Waals surface area contributed by atoms with Crippen molar-refractivity contribution in [1.29, 1.82) is 0 Å². The topological polar surface area (TPSA) is 29.5 Å². The number of thiophene rings is 1. The lowest BCUT2D eigenvalue weighted by Gasteiger charge is -2.11. The predicted molar refractivity (Wildman–Crippen MR) is 71.0 cm³/mol. The van der Waals surface area contributed by atoms with Crippen molar-refractivity contribution < 1.29 is 9.84 Å². The number of rotatable bonds is 4. The van der Waals surface area contributed by atoms with Crippen molar-refractivity contribution in [3.8, 4) is 5.75 Å². The lowest BCUT2D eigenvalue weighted by atomic mass is 10.1. The van der Waals surface area contributed by atoms with Crippen molar-refractivity contribution in [2.45, 2.75) is 12.5 Å². The van der Waals surface area contributed by atoms with Gasteiger partial charge in [-0.1, -0.05) is 23.7 Å². The summed E-state index contributed by atoms with van der Waals surface area (Å²) >= 11 is 7.32. The fourth-order valence-electron chi connectivity index (χ4n) is 1.66. The van der Waals surface area contributed by atoms with Crippen LogP contribution in [0.15, 0.2) is 35.7 Å². The molecule has 0 amide bonds. The lowest BCUT2D eigenvalue weighted by Crippen LogP contribution is -2.01. The van der Waals surface area contributed by atoms with Gasteiger partial charge in [-0.15, -0.1) is 11.3 Å². The fourth-order valence-corrected chi connectivity index (χ4v) is 2.63. The molecule has 0 saturated carbocycles. The SMILES string of the molecule is COc1ccsc1C(O)Cc1ccc(Cl)cc1. The summed E-state index contributed by atoms with van der Waals surface area (Å²) in [6.07, 6.45) is 0.0275. The molecule has 0 fully saturated rings. The summed E-state index contributed by atoms with van der Waals surface area (Å²) in [7, 11) is 1.61. The summed E-state index contributed by atoms with van der Waals surface area (Å²) in [4.78, 5) is 0.863. The molecule has 1 heterocycles. The first-order valence-corrected chi connectivity index (χ1v) is 6.50. The first-order valence-electron chi connectivity index (χ1n) is 5.24. The summed E-state index contributed by atoms with van der Waals surface area (Å²) in [5, 5.41) is 12.8. The highest BCUT2D eigenvalue weighted by atomic mass is 35.5. The zero-order valence-corrected chi connectivity index (χ0v) is 11.0. The molecule has 1 unspecified atom stereocenters. The predicted octanol–water partition coefficient (Wildman–Crippen LogP) is 3.69. The molecule has 0 spiro atoms. The molecule has 0 radical (unpaired) electrons. The minimum absolute atomic E-state index is 0.536. The molecule has 1 atom stereocenters. The summed E-state index contributed by atoms with van der Waals surface area (Å²) in [6, 6.07) is 9.37. The van der Waals surface area contributed by atoms with Gasteiger partial charge in [0, 0.05) is 11.4 Å². The Morgan fingerprint density at radius 2 is 2.00 bits per heavy atom. The standard InChI is InChI=1S/C13H13ClO2S/c1-16-12-6-7-17-13(12)11(15)8-9-2-4-10(14)5-3-9/h2-7,11,15H,8H2,1H3. The van der Waals surface area contributed by atoms with Gasteiger partial charge in [0.15, 0.2) is 0 Å². The van der Waals surface area contributed by atoms with Gasteiger partial charge in [0.25, 0.3) is 0 Å². The van der Waals surface area contributed by atoms with Gasteiger partial charge in [-0.05, 0) is 29.1 Å². The van der Waals surface area contributed by atoms with Crippen molar-refractivity contribution in [1.82, 2.24) is 0 Å². The molecule has 0 bridgehead atoms. The first-order chi connectivity index (χ1) is 8.20. The molecule has 1 aromatic carbocycles. The molecule has 0 aliphatic rings. The van der Waals surface area contributed by atoms with Gasteiger partial charge in [-0.2, -0.15) is 0 Å². The van der Waals surface area contributed by atoms with Crippen LogP contribution in [0.4, 0.5) is 0 Å². The van der Waals surface area contributed by atoms with Gasteiger partial charge in [-0.25, -0.2) is 0 Å². The number of methoxy groups -OCH3 is 1. The van der Waals surface area contributed by atoms with Crippen molar-refractivity contribution >= 4 is 22.9 Å². The van der Waals surface area contributed by atoms with E-state index in [9.17, 15) is 5.11 Å². The molecule has 4 heteroatoms. The van der Waals surface area contributed by atoms with Gasteiger partial charge in [-0.3, -0.25) is 0 Å². The molecule has 0 aliphatic carbocycles. The second-order valence-electron chi connectivity index (χ2n) is 3.70. The lowest BCUT2D eigenvalue weighted by molar-refractivity contribution is 0.178. The molecule has 90 valence electrons. The molecule has 0 saturated heterocycles. The van der Waals surface area contributed by atoms with Gasteiger partial charge < -0.3 is 9.84 Å². The van der Waals surface area contributed by atoms with Crippen LogP contribution in [0.5, 0.6) is 5.75 Å². The minimum Gasteiger partial charge on any atom is -0.495 e. The number of hydrogen-bond acceptors (Lipinski definition) is 3. The minimum atomic E-state index is -0.536. The maximum absolute atomic E-state index is 10.1. The van der Waals surface area contributed by atoms with Crippen molar-refractivity contribution in [2.75, 3.05) is 7.11 Å². The van der Waals surface area contributed by atoms with Gasteiger partial charge >= 0.3 is 0 Å². The highest BCUT2D eigenvalue weighted by molar-refractivity contribution is 7.10. The van der Waals surface area contributed by atoms with Gasteiger partial charge in [0.2, 0.25) is 0 Å². The van der Waals surface area contributed by atoms with E-state index in [1.165, 1.54) is 11.3 Å². The Morgan fingerprint density at radius 3 is 2.65 bits per heavy atom. The molecule has 0 aliphatic heterocycles. The summed E-state index contributed by atoms with van der Waals surface area (Å²) < 4.78 is 5.19. The number of hydrogen-bond donors (Lipinski definition) is 1. The molecule has 2 nitrogen and oxygen atoms in total. The maximum Gasteiger partial charge on any atom is 0.135 e. The maximum atomic E-state index is 10.1. The van der Waals surface area contributed by atoms with Gasteiger partial charge in [0.05, 0.1) is 18.1 Å². The van der Waals surface area contributed by atoms with Crippen LogP contribution < -0.4 is 4.74 Å². The Labute approximate surface area is 109 Å². The summed E-state index contributed by atoms with van der Waals surface area (Å²) in [5.74, 6) is 0.747. The monoisotopic (exact) mass is 268 g/mol. The smallest absolute Gasteiger partial charge is 0.135 e. The van der Waals surface area contributed by atoms with E-state index in [4.69, 9.17) is 16.3 Å². The number of aliphatic hydroxyl groups is 1. The zero-order chi connectivity index (χ0) is 12.3. The van der Waals surface area contributed by atoms with Crippen molar-refractivity contribution in [3.05, 3.63) is 51.2 Å². The van der Waals surface area contributed by atoms with E-state index >= 15 is 0 Å². The highest BCUT2D eigenvalue weighted by Crippen LogP contribution is 2.32. The van der Waals surface area contributed by atoms with E-state index in [1.54, 1.807) is 7.11 Å². The summed E-state index contributed by atoms with van der Waals surface area (Å²) in [6.45, 7) is 0. The molecular weight excluding hydrogens is 256 g/mol. The Balaban J connectivity index is 2.11. The number of benzene rings is 1. The first kappa shape index (κ1) is 12.4. The summed E-state index contributed by atoms with van der Waals surface area (Å²) in [5.41, 5.74) is 1.05. The van der Waals surface area contributed by atoms with Crippen molar-refractivity contribution in [3.63, 3.8) is 0 Å². The second kappa shape index (κ2) is 5.54. The van der Waals surface area contributed by atoms with Crippen LogP contribution in [0, 0.1) is 0 Å². The van der Waals surface area contributed by atoms with Crippen LogP contribution in [-0.4, -0.2) is 12.2 Å². The van der Waals surface area contributed by atoms with E-state index < -0.39 is 6.10 Å². The Bertz CT molecular complexity index is 478. The van der Waals surface area contributed by atoms with Crippen LogP contribution >= 0.6 is 22.9 Å². The van der Waals surface area contributed by atoms with E-state index in [2.05, 4.69) is 0 Å². The molecular formula is C13H13ClO2S. The highest BCUT2D eigenvalue weighted by Gasteiger charge is 2.15. The second-order valence-corrected chi connectivity index (χ2v) is 5.08. The van der Waals surface area contributed by atoms with Gasteiger partial charge in [0.1, 0.15) is 5.75 Å². The average molecular weight is 269 g/mol. The third-order valence-corrected chi connectivity index (χ3v) is 3.77. The molecule has 17 heavy (non-hydrogen) atoms.